The van der Waals surface area contributed by atoms with E-state index in [0.717, 1.165) is 5.69 Å². The molecule has 0 aliphatic carbocycles. The number of amidine groups is 1. The van der Waals surface area contributed by atoms with E-state index in [1.165, 1.54) is 0 Å². The van der Waals surface area contributed by atoms with Crippen LogP contribution in [0.2, 0.25) is 0 Å². The molecular weight excluding hydrogens is 220 g/mol. The second-order valence-electron chi connectivity index (χ2n) is 3.52. The van der Waals surface area contributed by atoms with Gasteiger partial charge in [0, 0.05) is 32.1 Å². The third-order valence-corrected chi connectivity index (χ3v) is 2.32. The monoisotopic (exact) mass is 238 g/mol. The van der Waals surface area contributed by atoms with Crippen molar-refractivity contribution in [3.8, 4) is 0 Å². The highest BCUT2D eigenvalue weighted by atomic mass is 16.5. The van der Waals surface area contributed by atoms with E-state index in [1.807, 2.05) is 11.0 Å². The zero-order valence-corrected chi connectivity index (χ0v) is 9.89. The predicted octanol–water partition coefficient (Wildman–Crippen LogP) is -0.189. The van der Waals surface area contributed by atoms with E-state index in [9.17, 15) is 0 Å². The second kappa shape index (κ2) is 6.82. The predicted molar refractivity (Wildman–Crippen MR) is 66.4 cm³/mol. The van der Waals surface area contributed by atoms with Gasteiger partial charge < -0.3 is 20.5 Å². The molecule has 1 heterocycles. The van der Waals surface area contributed by atoms with E-state index >= 15 is 0 Å². The van der Waals surface area contributed by atoms with E-state index < -0.39 is 0 Å². The van der Waals surface area contributed by atoms with E-state index in [-0.39, 0.29) is 12.4 Å². The fourth-order valence-corrected chi connectivity index (χ4v) is 1.46. The topological polar surface area (TPSA) is 95.5 Å². The molecule has 0 aromatic carbocycles. The Labute approximate surface area is 101 Å². The van der Waals surface area contributed by atoms with Gasteiger partial charge in [0.15, 0.2) is 0 Å². The number of aliphatic hydroxyl groups excluding tert-OH is 1. The standard InChI is InChI=1S/C11H18N4O2/c1-17-7-5-15(4-6-16)9-2-3-14-10(8-9)11(12)13/h2-3,8,16H,4-7H2,1H3,(H3,12,13). The maximum absolute atomic E-state index is 9.01. The summed E-state index contributed by atoms with van der Waals surface area (Å²) in [5.74, 6) is -0.0671. The third-order valence-electron chi connectivity index (χ3n) is 2.32. The molecule has 1 aromatic heterocycles. The maximum Gasteiger partial charge on any atom is 0.141 e. The molecule has 0 saturated heterocycles. The molecule has 0 amide bonds. The zero-order valence-electron chi connectivity index (χ0n) is 9.89. The Hall–Kier alpha value is -1.66. The van der Waals surface area contributed by atoms with Crippen LogP contribution < -0.4 is 10.6 Å². The van der Waals surface area contributed by atoms with Crippen LogP contribution in [0.5, 0.6) is 0 Å². The van der Waals surface area contributed by atoms with E-state index in [2.05, 4.69) is 4.98 Å². The summed E-state index contributed by atoms with van der Waals surface area (Å²) in [4.78, 5) is 5.95. The van der Waals surface area contributed by atoms with Gasteiger partial charge >= 0.3 is 0 Å². The quantitative estimate of drug-likeness (QED) is 0.452. The molecule has 0 saturated carbocycles. The molecule has 94 valence electrons. The van der Waals surface area contributed by atoms with Gasteiger partial charge in [-0.05, 0) is 12.1 Å². The summed E-state index contributed by atoms with van der Waals surface area (Å²) < 4.78 is 5.01. The molecule has 0 spiro atoms. The lowest BCUT2D eigenvalue weighted by atomic mass is 10.2. The fourth-order valence-electron chi connectivity index (χ4n) is 1.46. The highest BCUT2D eigenvalue weighted by molar-refractivity contribution is 5.93. The lowest BCUT2D eigenvalue weighted by molar-refractivity contribution is 0.203. The number of nitrogens with zero attached hydrogens (tertiary/aromatic N) is 2. The van der Waals surface area contributed by atoms with Crippen LogP contribution in [0.1, 0.15) is 5.69 Å². The molecular formula is C11H18N4O2. The number of ether oxygens (including phenoxy) is 1. The molecule has 1 aromatic rings. The summed E-state index contributed by atoms with van der Waals surface area (Å²) in [6.07, 6.45) is 1.60. The summed E-state index contributed by atoms with van der Waals surface area (Å²) in [7, 11) is 1.63. The smallest absolute Gasteiger partial charge is 0.141 e. The van der Waals surface area contributed by atoms with Gasteiger partial charge in [-0.25, -0.2) is 0 Å². The molecule has 0 fully saturated rings. The van der Waals surface area contributed by atoms with Crippen LogP contribution >= 0.6 is 0 Å². The highest BCUT2D eigenvalue weighted by Gasteiger charge is 2.07. The van der Waals surface area contributed by atoms with Crippen LogP contribution in [-0.2, 0) is 4.74 Å². The number of anilines is 1. The summed E-state index contributed by atoms with van der Waals surface area (Å²) >= 11 is 0. The van der Waals surface area contributed by atoms with Crippen molar-refractivity contribution in [2.45, 2.75) is 0 Å². The van der Waals surface area contributed by atoms with Gasteiger partial charge in [0.2, 0.25) is 0 Å². The average Bonchev–Trinajstić information content (AvgIpc) is 2.34. The third kappa shape index (κ3) is 4.01. The molecule has 0 aliphatic heterocycles. The maximum atomic E-state index is 9.01. The van der Waals surface area contributed by atoms with Crippen LogP contribution in [-0.4, -0.2) is 49.3 Å². The number of nitrogens with two attached hydrogens (primary N) is 1. The van der Waals surface area contributed by atoms with Crippen molar-refractivity contribution in [3.63, 3.8) is 0 Å². The summed E-state index contributed by atoms with van der Waals surface area (Å²) in [6.45, 7) is 1.79. The van der Waals surface area contributed by atoms with Crippen molar-refractivity contribution in [3.05, 3.63) is 24.0 Å². The molecule has 0 atom stereocenters. The molecule has 6 heteroatoms. The number of nitrogens with one attached hydrogen (secondary N) is 1. The second-order valence-corrected chi connectivity index (χ2v) is 3.52. The molecule has 6 nitrogen and oxygen atoms in total. The van der Waals surface area contributed by atoms with E-state index in [1.54, 1.807) is 19.4 Å². The first-order valence-corrected chi connectivity index (χ1v) is 5.34. The van der Waals surface area contributed by atoms with Crippen LogP contribution in [0.15, 0.2) is 18.3 Å². The van der Waals surface area contributed by atoms with E-state index in [0.29, 0.717) is 25.4 Å². The largest absolute Gasteiger partial charge is 0.395 e. The normalized spacial score (nSPS) is 10.2. The summed E-state index contributed by atoms with van der Waals surface area (Å²) in [5, 5.41) is 16.3. The molecule has 4 N–H and O–H groups in total. The fraction of sp³-hybridized carbons (Fsp3) is 0.455. The lowest BCUT2D eigenvalue weighted by Gasteiger charge is -2.23. The van der Waals surface area contributed by atoms with Crippen molar-refractivity contribution in [2.75, 3.05) is 38.3 Å². The van der Waals surface area contributed by atoms with Crippen molar-refractivity contribution in [1.82, 2.24) is 4.98 Å². The van der Waals surface area contributed by atoms with Gasteiger partial charge in [-0.1, -0.05) is 0 Å². The number of aromatic nitrogens is 1. The number of hydrogen-bond acceptors (Lipinski definition) is 5. The first kappa shape index (κ1) is 13.4. The van der Waals surface area contributed by atoms with Gasteiger partial charge in [-0.2, -0.15) is 0 Å². The van der Waals surface area contributed by atoms with Gasteiger partial charge in [0.25, 0.3) is 0 Å². The number of pyridine rings is 1. The summed E-state index contributed by atoms with van der Waals surface area (Å²) in [5.41, 5.74) is 6.69. The van der Waals surface area contributed by atoms with Crippen molar-refractivity contribution in [1.29, 1.82) is 5.41 Å². The molecule has 0 bridgehead atoms. The van der Waals surface area contributed by atoms with Crippen molar-refractivity contribution >= 4 is 11.5 Å². The Morgan fingerprint density at radius 1 is 1.59 bits per heavy atom. The number of rotatable bonds is 7. The Morgan fingerprint density at radius 2 is 2.35 bits per heavy atom. The van der Waals surface area contributed by atoms with Crippen molar-refractivity contribution in [2.24, 2.45) is 5.73 Å². The summed E-state index contributed by atoms with van der Waals surface area (Å²) in [6, 6.07) is 3.55. The van der Waals surface area contributed by atoms with Gasteiger partial charge in [0.1, 0.15) is 11.5 Å². The van der Waals surface area contributed by atoms with Crippen LogP contribution in [0.25, 0.3) is 0 Å². The Kier molecular flexibility index (Phi) is 5.38. The number of aliphatic hydroxyl groups is 1. The Balaban J connectivity index is 2.84. The molecule has 0 aliphatic rings. The van der Waals surface area contributed by atoms with Gasteiger partial charge in [-0.15, -0.1) is 0 Å². The molecule has 17 heavy (non-hydrogen) atoms. The first-order valence-electron chi connectivity index (χ1n) is 5.34. The molecule has 0 unspecified atom stereocenters. The minimum atomic E-state index is -0.0671. The minimum Gasteiger partial charge on any atom is -0.395 e. The Bertz CT molecular complexity index is 370. The number of nitrogen functional groups attached to an aromatic ring is 1. The Morgan fingerprint density at radius 3 is 2.94 bits per heavy atom. The minimum absolute atomic E-state index is 0.0570. The van der Waals surface area contributed by atoms with Crippen LogP contribution in [0.3, 0.4) is 0 Å². The molecule has 1 rings (SSSR count). The van der Waals surface area contributed by atoms with Crippen LogP contribution in [0, 0.1) is 5.41 Å². The molecule has 0 radical (unpaired) electrons. The first-order chi connectivity index (χ1) is 8.19. The number of hydrogen-bond donors (Lipinski definition) is 3. The van der Waals surface area contributed by atoms with E-state index in [4.69, 9.17) is 21.0 Å². The highest BCUT2D eigenvalue weighted by Crippen LogP contribution is 2.13. The SMILES string of the molecule is COCCN(CCO)c1ccnc(C(=N)N)c1. The average molecular weight is 238 g/mol. The van der Waals surface area contributed by atoms with Gasteiger partial charge in [0.05, 0.1) is 13.2 Å². The number of methoxy groups -OCH3 is 1. The van der Waals surface area contributed by atoms with Crippen LogP contribution in [0.4, 0.5) is 5.69 Å². The lowest BCUT2D eigenvalue weighted by Crippen LogP contribution is -2.30. The van der Waals surface area contributed by atoms with Crippen molar-refractivity contribution < 1.29 is 9.84 Å². The zero-order chi connectivity index (χ0) is 12.7. The van der Waals surface area contributed by atoms with Gasteiger partial charge in [-0.3, -0.25) is 10.4 Å².